The molecule has 2 N–H and O–H groups in total. The van der Waals surface area contributed by atoms with E-state index in [-0.39, 0.29) is 28.0 Å². The molecule has 0 saturated carbocycles. The molecule has 0 amide bonds. The molecule has 0 bridgehead atoms. The number of nitrogens with two attached hydrogens (primary N) is 1. The molecule has 2 aromatic carbocycles. The molecular formula is C16H11N5O2. The van der Waals surface area contributed by atoms with Gasteiger partial charge in [0.25, 0.3) is 11.3 Å². The Morgan fingerprint density at radius 2 is 1.39 bits per heavy atom. The minimum atomic E-state index is -0.0509. The second kappa shape index (κ2) is 4.77. The fourth-order valence-electron chi connectivity index (χ4n) is 2.55. The normalized spacial score (nSPS) is 11.1. The predicted molar refractivity (Wildman–Crippen MR) is 84.8 cm³/mol. The Bertz CT molecular complexity index is 1050. The van der Waals surface area contributed by atoms with Gasteiger partial charge in [-0.1, -0.05) is 30.3 Å². The number of nitrogens with zero attached hydrogens (tertiary/aromatic N) is 4. The van der Waals surface area contributed by atoms with Crippen LogP contribution >= 0.6 is 0 Å². The topological polar surface area (TPSA) is 106 Å². The number of benzene rings is 2. The van der Waals surface area contributed by atoms with E-state index in [1.807, 2.05) is 30.3 Å². The van der Waals surface area contributed by atoms with Crippen molar-refractivity contribution in [3.05, 3.63) is 65.0 Å². The number of hydrogen-bond acceptors (Lipinski definition) is 5. The van der Waals surface area contributed by atoms with Crippen LogP contribution in [-0.4, -0.2) is 9.97 Å². The summed E-state index contributed by atoms with van der Waals surface area (Å²) in [4.78, 5) is 8.43. The third-order valence-electron chi connectivity index (χ3n) is 3.64. The molecule has 23 heavy (non-hydrogen) atoms. The summed E-state index contributed by atoms with van der Waals surface area (Å²) in [7, 11) is 0. The summed E-state index contributed by atoms with van der Waals surface area (Å²) >= 11 is 0. The molecule has 0 aliphatic heterocycles. The van der Waals surface area contributed by atoms with E-state index in [1.165, 1.54) is 0 Å². The van der Waals surface area contributed by atoms with E-state index in [4.69, 9.17) is 5.73 Å². The Morgan fingerprint density at radius 3 is 2.09 bits per heavy atom. The first-order chi connectivity index (χ1) is 11.2. The largest absolute Gasteiger partial charge is 0.710 e. The van der Waals surface area contributed by atoms with Gasteiger partial charge in [-0.25, -0.2) is 4.73 Å². The van der Waals surface area contributed by atoms with E-state index in [1.54, 1.807) is 24.3 Å². The third kappa shape index (κ3) is 1.90. The van der Waals surface area contributed by atoms with Crippen LogP contribution in [0.25, 0.3) is 33.6 Å². The zero-order valence-corrected chi connectivity index (χ0v) is 11.9. The van der Waals surface area contributed by atoms with Crippen LogP contribution < -0.4 is 15.2 Å². The maximum atomic E-state index is 12.6. The molecule has 0 fully saturated rings. The van der Waals surface area contributed by atoms with Crippen LogP contribution in [0, 0.1) is 10.4 Å². The molecule has 0 spiro atoms. The Balaban J connectivity index is 2.14. The predicted octanol–water partition coefficient (Wildman–Crippen LogP) is 1.30. The van der Waals surface area contributed by atoms with Gasteiger partial charge >= 0.3 is 11.2 Å². The van der Waals surface area contributed by atoms with Gasteiger partial charge in [-0.2, -0.15) is 9.71 Å². The van der Waals surface area contributed by atoms with E-state index in [0.29, 0.717) is 20.8 Å². The summed E-state index contributed by atoms with van der Waals surface area (Å²) in [6, 6.07) is 15.6. The van der Waals surface area contributed by atoms with Crippen molar-refractivity contribution >= 4 is 28.0 Å². The highest BCUT2D eigenvalue weighted by Crippen LogP contribution is 2.20. The fraction of sp³-hybridized carbons (Fsp3) is 0. The number of fused-ring (bicyclic) bond motifs is 2. The first kappa shape index (κ1) is 13.2. The quantitative estimate of drug-likeness (QED) is 0.324. The van der Waals surface area contributed by atoms with E-state index in [2.05, 4.69) is 9.97 Å². The Kier molecular flexibility index (Phi) is 2.74. The Hall–Kier alpha value is -3.48. The van der Waals surface area contributed by atoms with E-state index < -0.39 is 0 Å². The molecule has 4 rings (SSSR count). The standard InChI is InChI=1S/C16H11N5O2/c17-14-13-16(19-15(18-14)10-6-2-1-3-7-10)21(23)12-9-5-4-8-11(12)20(13)22/h1-9H,(H2,17,18,19). The summed E-state index contributed by atoms with van der Waals surface area (Å²) in [5, 5.41) is 25.1. The average molecular weight is 305 g/mol. The molecule has 4 aromatic rings. The van der Waals surface area contributed by atoms with Gasteiger partial charge in [0.2, 0.25) is 11.3 Å². The molecule has 0 aliphatic rings. The average Bonchev–Trinajstić information content (AvgIpc) is 2.60. The molecule has 7 heteroatoms. The second-order valence-electron chi connectivity index (χ2n) is 5.05. The lowest BCUT2D eigenvalue weighted by atomic mass is 10.2. The van der Waals surface area contributed by atoms with Gasteiger partial charge in [0.05, 0.1) is 0 Å². The zero-order valence-electron chi connectivity index (χ0n) is 11.9. The van der Waals surface area contributed by atoms with Crippen LogP contribution in [0.1, 0.15) is 0 Å². The molecule has 0 radical (unpaired) electrons. The van der Waals surface area contributed by atoms with Crippen LogP contribution in [0.15, 0.2) is 54.6 Å². The van der Waals surface area contributed by atoms with E-state index in [0.717, 1.165) is 0 Å². The maximum absolute atomic E-state index is 12.6. The summed E-state index contributed by atoms with van der Waals surface area (Å²) in [6.45, 7) is 0. The molecule has 0 unspecified atom stereocenters. The van der Waals surface area contributed by atoms with Gasteiger partial charge in [-0.3, -0.25) is 0 Å². The molecule has 2 heterocycles. The summed E-state index contributed by atoms with van der Waals surface area (Å²) in [5.41, 5.74) is 7.01. The highest BCUT2D eigenvalue weighted by molar-refractivity contribution is 5.82. The summed E-state index contributed by atoms with van der Waals surface area (Å²) < 4.78 is 1.21. The Labute approximate surface area is 130 Å². The molecule has 7 nitrogen and oxygen atoms in total. The van der Waals surface area contributed by atoms with Gasteiger partial charge in [0.15, 0.2) is 0 Å². The van der Waals surface area contributed by atoms with Gasteiger partial charge in [-0.05, 0) is 23.2 Å². The van der Waals surface area contributed by atoms with Crippen LogP contribution in [0.2, 0.25) is 0 Å². The first-order valence-electron chi connectivity index (χ1n) is 6.93. The minimum absolute atomic E-state index is 0.0285. The number of anilines is 1. The van der Waals surface area contributed by atoms with Crippen LogP contribution in [-0.2, 0) is 0 Å². The molecule has 2 aromatic heterocycles. The lowest BCUT2D eigenvalue weighted by Gasteiger charge is -2.10. The summed E-state index contributed by atoms with van der Waals surface area (Å²) in [5.74, 6) is 0.273. The number of aromatic nitrogens is 4. The van der Waals surface area contributed by atoms with Crippen molar-refractivity contribution < 1.29 is 9.46 Å². The van der Waals surface area contributed by atoms with Gasteiger partial charge in [-0.15, -0.1) is 0 Å². The monoisotopic (exact) mass is 305 g/mol. The third-order valence-corrected chi connectivity index (χ3v) is 3.64. The van der Waals surface area contributed by atoms with Crippen molar-refractivity contribution in [2.75, 3.05) is 5.73 Å². The first-order valence-corrected chi connectivity index (χ1v) is 6.93. The van der Waals surface area contributed by atoms with Gasteiger partial charge in [0, 0.05) is 11.6 Å². The summed E-state index contributed by atoms with van der Waals surface area (Å²) in [6.07, 6.45) is 0. The van der Waals surface area contributed by atoms with Gasteiger partial charge in [0.1, 0.15) is 0 Å². The minimum Gasteiger partial charge on any atom is -0.710 e. The number of rotatable bonds is 1. The fourth-order valence-corrected chi connectivity index (χ4v) is 2.55. The molecule has 0 aliphatic carbocycles. The zero-order chi connectivity index (χ0) is 16.0. The Morgan fingerprint density at radius 1 is 0.783 bits per heavy atom. The van der Waals surface area contributed by atoms with Crippen LogP contribution in [0.5, 0.6) is 0 Å². The highest BCUT2D eigenvalue weighted by atomic mass is 16.5. The van der Waals surface area contributed by atoms with Crippen molar-refractivity contribution in [2.24, 2.45) is 0 Å². The van der Waals surface area contributed by atoms with E-state index in [9.17, 15) is 10.4 Å². The molecule has 0 atom stereocenters. The van der Waals surface area contributed by atoms with Crippen LogP contribution in [0.3, 0.4) is 0 Å². The van der Waals surface area contributed by atoms with Crippen molar-refractivity contribution in [1.82, 2.24) is 9.97 Å². The SMILES string of the molecule is Nc1nc(-c2ccccc2)nc2c1[n+]([O-])c1ccccc1[n+]2[O-]. The smallest absolute Gasteiger partial charge is 0.407 e. The molecule has 0 saturated heterocycles. The second-order valence-corrected chi connectivity index (χ2v) is 5.05. The lowest BCUT2D eigenvalue weighted by Crippen LogP contribution is -2.40. The maximum Gasteiger partial charge on any atom is 0.407 e. The highest BCUT2D eigenvalue weighted by Gasteiger charge is 2.26. The van der Waals surface area contributed by atoms with Crippen molar-refractivity contribution in [1.29, 1.82) is 0 Å². The van der Waals surface area contributed by atoms with Crippen molar-refractivity contribution in [2.45, 2.75) is 0 Å². The number of para-hydroxylation sites is 2. The number of hydrogen-bond donors (Lipinski definition) is 1. The van der Waals surface area contributed by atoms with Crippen molar-refractivity contribution in [3.63, 3.8) is 0 Å². The van der Waals surface area contributed by atoms with Gasteiger partial charge < -0.3 is 16.1 Å². The van der Waals surface area contributed by atoms with E-state index >= 15 is 0 Å². The van der Waals surface area contributed by atoms with Crippen LogP contribution in [0.4, 0.5) is 5.82 Å². The van der Waals surface area contributed by atoms with Crippen molar-refractivity contribution in [3.8, 4) is 11.4 Å². The number of nitrogen functional groups attached to an aromatic ring is 1. The molecule has 112 valence electrons. The molecular weight excluding hydrogens is 294 g/mol. The lowest BCUT2D eigenvalue weighted by molar-refractivity contribution is -0.592.